The van der Waals surface area contributed by atoms with Crippen LogP contribution in [0.3, 0.4) is 0 Å². The Morgan fingerprint density at radius 2 is 1.90 bits per heavy atom. The predicted molar refractivity (Wildman–Crippen MR) is 106 cm³/mol. The van der Waals surface area contributed by atoms with Crippen LogP contribution in [0, 0.1) is 0 Å². The van der Waals surface area contributed by atoms with Crippen molar-refractivity contribution in [2.75, 3.05) is 18.2 Å². The van der Waals surface area contributed by atoms with Crippen molar-refractivity contribution in [3.63, 3.8) is 0 Å². The molecule has 0 saturated carbocycles. The maximum absolute atomic E-state index is 13.1. The van der Waals surface area contributed by atoms with E-state index in [-0.39, 0.29) is 34.5 Å². The highest BCUT2D eigenvalue weighted by Gasteiger charge is 2.36. The van der Waals surface area contributed by atoms with Crippen LogP contribution in [-0.2, 0) is 22.6 Å². The van der Waals surface area contributed by atoms with E-state index in [1.54, 1.807) is 24.3 Å². The van der Waals surface area contributed by atoms with Gasteiger partial charge in [0.25, 0.3) is 5.91 Å². The molecule has 11 heteroatoms. The molecule has 1 amide bonds. The maximum atomic E-state index is 13.1. The molecule has 1 aliphatic heterocycles. The highest BCUT2D eigenvalue weighted by atomic mass is 32.2. The Kier molecular flexibility index (Phi) is 5.00. The first-order chi connectivity index (χ1) is 14.6. The number of ether oxygens (including phenoxy) is 1. The summed E-state index contributed by atoms with van der Waals surface area (Å²) in [6, 6.07) is 10.7. The molecule has 7 nitrogen and oxygen atoms in total. The van der Waals surface area contributed by atoms with E-state index in [1.807, 2.05) is 0 Å². The van der Waals surface area contributed by atoms with Gasteiger partial charge in [0.15, 0.2) is 0 Å². The van der Waals surface area contributed by atoms with E-state index in [0.29, 0.717) is 11.3 Å². The summed E-state index contributed by atoms with van der Waals surface area (Å²) in [6.07, 6.45) is -4.57. The van der Waals surface area contributed by atoms with E-state index in [2.05, 4.69) is 10.3 Å². The molecule has 1 N–H and O–H groups in total. The molecule has 0 aliphatic carbocycles. The minimum absolute atomic E-state index is 0.0139. The lowest BCUT2D eigenvalue weighted by Gasteiger charge is -2.12. The highest BCUT2D eigenvalue weighted by molar-refractivity contribution is 7.91. The van der Waals surface area contributed by atoms with Gasteiger partial charge in [0.1, 0.15) is 17.1 Å². The first-order valence-electron chi connectivity index (χ1n) is 9.06. The number of anilines is 1. The van der Waals surface area contributed by atoms with Gasteiger partial charge in [-0.3, -0.25) is 4.79 Å². The van der Waals surface area contributed by atoms with Crippen molar-refractivity contribution >= 4 is 21.4 Å². The minimum Gasteiger partial charge on any atom is -0.497 e. The van der Waals surface area contributed by atoms with Crippen LogP contribution in [0.1, 0.15) is 16.1 Å². The number of imidazole rings is 1. The van der Waals surface area contributed by atoms with Crippen LogP contribution in [0.2, 0.25) is 0 Å². The van der Waals surface area contributed by atoms with Gasteiger partial charge < -0.3 is 14.6 Å². The molecular weight excluding hydrogens is 435 g/mol. The zero-order chi connectivity index (χ0) is 22.4. The van der Waals surface area contributed by atoms with Crippen molar-refractivity contribution in [1.29, 1.82) is 0 Å². The molecule has 2 heterocycles. The topological polar surface area (TPSA) is 90.3 Å². The highest BCUT2D eigenvalue weighted by Crippen LogP contribution is 2.33. The molecule has 0 unspecified atom stereocenters. The van der Waals surface area contributed by atoms with Gasteiger partial charge in [-0.2, -0.15) is 13.2 Å². The summed E-state index contributed by atoms with van der Waals surface area (Å²) in [5, 5.41) is 2.18. The van der Waals surface area contributed by atoms with Crippen LogP contribution in [0.4, 0.5) is 18.9 Å². The van der Waals surface area contributed by atoms with E-state index in [0.717, 1.165) is 12.1 Å². The Morgan fingerprint density at radius 3 is 2.61 bits per heavy atom. The number of hydrogen-bond acceptors (Lipinski definition) is 5. The van der Waals surface area contributed by atoms with Gasteiger partial charge in [-0.25, -0.2) is 13.4 Å². The van der Waals surface area contributed by atoms with E-state index >= 15 is 0 Å². The molecule has 3 aromatic rings. The monoisotopic (exact) mass is 451 g/mol. The van der Waals surface area contributed by atoms with E-state index in [1.165, 1.54) is 23.8 Å². The molecule has 0 radical (unpaired) electrons. The lowest BCUT2D eigenvalue weighted by Crippen LogP contribution is -2.18. The van der Waals surface area contributed by atoms with Crippen molar-refractivity contribution in [3.05, 3.63) is 59.8 Å². The number of fused-ring (bicyclic) bond motifs is 1. The molecule has 1 aliphatic rings. The Balaban J connectivity index is 1.80. The zero-order valence-corrected chi connectivity index (χ0v) is 16.9. The van der Waals surface area contributed by atoms with Gasteiger partial charge in [-0.1, -0.05) is 18.2 Å². The van der Waals surface area contributed by atoms with Crippen molar-refractivity contribution < 1.29 is 31.1 Å². The van der Waals surface area contributed by atoms with Crippen molar-refractivity contribution in [1.82, 2.24) is 9.55 Å². The quantitative estimate of drug-likeness (QED) is 0.655. The molecule has 0 atom stereocenters. The fourth-order valence-electron chi connectivity index (χ4n) is 3.35. The molecule has 0 spiro atoms. The smallest absolute Gasteiger partial charge is 0.416 e. The van der Waals surface area contributed by atoms with Gasteiger partial charge in [0, 0.05) is 17.8 Å². The molecular formula is C20H16F3N3O4S. The summed E-state index contributed by atoms with van der Waals surface area (Å²) >= 11 is 0. The van der Waals surface area contributed by atoms with E-state index in [4.69, 9.17) is 4.74 Å². The number of halogens is 3. The zero-order valence-electron chi connectivity index (χ0n) is 16.1. The fourth-order valence-corrected chi connectivity index (χ4v) is 4.70. The van der Waals surface area contributed by atoms with Crippen molar-refractivity contribution in [2.24, 2.45) is 0 Å². The number of sulfone groups is 1. The molecule has 1 aromatic heterocycles. The lowest BCUT2D eigenvalue weighted by atomic mass is 10.1. The number of aromatic nitrogens is 2. The van der Waals surface area contributed by atoms with Gasteiger partial charge >= 0.3 is 6.18 Å². The molecule has 0 saturated heterocycles. The molecule has 4 rings (SSSR count). The summed E-state index contributed by atoms with van der Waals surface area (Å²) in [5.41, 5.74) is -0.513. The van der Waals surface area contributed by atoms with Crippen LogP contribution in [0.15, 0.2) is 53.7 Å². The minimum atomic E-state index is -4.57. The number of nitrogens with one attached hydrogen (secondary N) is 1. The second-order valence-corrected chi connectivity index (χ2v) is 8.83. The molecule has 2 aromatic carbocycles. The Bertz CT molecular complexity index is 1280. The normalized spacial score (nSPS) is 14.8. The summed E-state index contributed by atoms with van der Waals surface area (Å²) in [7, 11) is -2.22. The number of carbonyl (C=O) groups excluding carboxylic acids is 1. The standard InChI is InChI=1S/C20H16F3N3O4S/c1-30-15-7-2-4-12(10-15)16-17(26-8-9-31(28,29)19(26)25-16)18(27)24-14-6-3-5-13(11-14)20(21,22)23/h2-7,10-11H,8-9H2,1H3,(H,24,27). The van der Waals surface area contributed by atoms with Crippen LogP contribution in [-0.4, -0.2) is 36.7 Å². The SMILES string of the molecule is COc1cccc(-c2nc3n(c2C(=O)Nc2cccc(C(F)(F)F)c2)CCS3(=O)=O)c1. The first-order valence-corrected chi connectivity index (χ1v) is 10.7. The van der Waals surface area contributed by atoms with Gasteiger partial charge in [0.2, 0.25) is 15.0 Å². The van der Waals surface area contributed by atoms with Gasteiger partial charge in [-0.15, -0.1) is 0 Å². The summed E-state index contributed by atoms with van der Waals surface area (Å²) < 4.78 is 70.1. The predicted octanol–water partition coefficient (Wildman–Crippen LogP) is 3.62. The van der Waals surface area contributed by atoms with Crippen LogP contribution < -0.4 is 10.1 Å². The average molecular weight is 451 g/mol. The van der Waals surface area contributed by atoms with E-state index in [9.17, 15) is 26.4 Å². The van der Waals surface area contributed by atoms with E-state index < -0.39 is 27.5 Å². The average Bonchev–Trinajstić information content (AvgIpc) is 3.25. The number of alkyl halides is 3. The Labute approximate surface area is 175 Å². The number of nitrogens with zero attached hydrogens (tertiary/aromatic N) is 2. The number of carbonyl (C=O) groups is 1. The number of benzene rings is 2. The van der Waals surface area contributed by atoms with Crippen molar-refractivity contribution in [2.45, 2.75) is 17.9 Å². The third-order valence-electron chi connectivity index (χ3n) is 4.80. The summed E-state index contributed by atoms with van der Waals surface area (Å²) in [6.45, 7) is 0.0139. The third kappa shape index (κ3) is 3.88. The molecule has 0 fully saturated rings. The first kappa shape index (κ1) is 20.9. The number of methoxy groups -OCH3 is 1. The second-order valence-electron chi connectivity index (χ2n) is 6.83. The van der Waals surface area contributed by atoms with Crippen LogP contribution >= 0.6 is 0 Å². The van der Waals surface area contributed by atoms with Crippen molar-refractivity contribution in [3.8, 4) is 17.0 Å². The number of amides is 1. The van der Waals surface area contributed by atoms with Gasteiger partial charge in [-0.05, 0) is 30.3 Å². The number of rotatable bonds is 4. The second kappa shape index (κ2) is 7.41. The lowest BCUT2D eigenvalue weighted by molar-refractivity contribution is -0.137. The van der Waals surface area contributed by atoms with Crippen LogP contribution in [0.5, 0.6) is 5.75 Å². The molecule has 31 heavy (non-hydrogen) atoms. The Hall–Kier alpha value is -3.34. The summed E-state index contributed by atoms with van der Waals surface area (Å²) in [5.74, 6) is -0.511. The Morgan fingerprint density at radius 1 is 1.16 bits per heavy atom. The summed E-state index contributed by atoms with van der Waals surface area (Å²) in [4.78, 5) is 17.3. The maximum Gasteiger partial charge on any atom is 0.416 e. The largest absolute Gasteiger partial charge is 0.497 e. The number of hydrogen-bond donors (Lipinski definition) is 1. The molecule has 162 valence electrons. The third-order valence-corrected chi connectivity index (χ3v) is 6.39. The van der Waals surface area contributed by atoms with Gasteiger partial charge in [0.05, 0.1) is 18.4 Å². The van der Waals surface area contributed by atoms with Crippen LogP contribution in [0.25, 0.3) is 11.3 Å². The molecule has 0 bridgehead atoms. The fraction of sp³-hybridized carbons (Fsp3) is 0.200.